The van der Waals surface area contributed by atoms with Gasteiger partial charge in [0.15, 0.2) is 0 Å². The number of nitrogens with one attached hydrogen (secondary N) is 1. The highest BCUT2D eigenvalue weighted by molar-refractivity contribution is 6.44. The number of morpholine rings is 1. The number of ether oxygens (including phenoxy) is 2. The van der Waals surface area contributed by atoms with Crippen molar-refractivity contribution in [3.8, 4) is 5.75 Å². The van der Waals surface area contributed by atoms with Crippen LogP contribution in [-0.4, -0.2) is 102 Å². The SMILES string of the molecule is COc1cc2c(c(N3CCN(C)CC3)c1)N=C(C(=O)Nc1ccc(N3CCOCC3)cc1)CC2N(C)C. The second-order valence-electron chi connectivity index (χ2n) is 10.2. The second-order valence-corrected chi connectivity index (χ2v) is 10.2. The van der Waals surface area contributed by atoms with Crippen LogP contribution in [0.25, 0.3) is 0 Å². The number of carbonyl (C=O) groups is 1. The number of aliphatic imine (C=N–C) groups is 1. The van der Waals surface area contributed by atoms with Gasteiger partial charge in [-0.1, -0.05) is 0 Å². The summed E-state index contributed by atoms with van der Waals surface area (Å²) in [4.78, 5) is 27.6. The minimum absolute atomic E-state index is 0.0262. The Morgan fingerprint density at radius 1 is 1.03 bits per heavy atom. The molecule has 2 saturated heterocycles. The van der Waals surface area contributed by atoms with Gasteiger partial charge in [0.2, 0.25) is 0 Å². The molecule has 0 saturated carbocycles. The van der Waals surface area contributed by atoms with E-state index in [4.69, 9.17) is 14.5 Å². The summed E-state index contributed by atoms with van der Waals surface area (Å²) in [6.07, 6.45) is 0.535. The summed E-state index contributed by atoms with van der Waals surface area (Å²) < 4.78 is 11.1. The van der Waals surface area contributed by atoms with Crippen molar-refractivity contribution in [2.45, 2.75) is 12.5 Å². The normalized spacial score (nSPS) is 20.5. The standard InChI is InChI=1S/C28H38N6O3/c1-31(2)25-19-24(28(35)29-20-5-7-21(8-6-20)33-13-15-37-16-14-33)30-27-23(25)17-22(36-4)18-26(27)34-11-9-32(3)10-12-34/h5-8,17-18,25H,9-16,19H2,1-4H3,(H,29,35). The summed E-state index contributed by atoms with van der Waals surface area (Å²) in [6.45, 7) is 7.05. The van der Waals surface area contributed by atoms with Crippen molar-refractivity contribution in [3.05, 3.63) is 42.0 Å². The Labute approximate surface area is 219 Å². The molecule has 2 fully saturated rings. The zero-order chi connectivity index (χ0) is 25.9. The fraction of sp³-hybridized carbons (Fsp3) is 0.500. The van der Waals surface area contributed by atoms with Gasteiger partial charge in [0, 0.05) is 74.7 Å². The van der Waals surface area contributed by atoms with Crippen LogP contribution in [0.1, 0.15) is 18.0 Å². The molecular weight excluding hydrogens is 468 g/mol. The number of hydrogen-bond acceptors (Lipinski definition) is 8. The van der Waals surface area contributed by atoms with E-state index in [0.717, 1.165) is 86.5 Å². The molecule has 2 aromatic rings. The number of piperazine rings is 1. The van der Waals surface area contributed by atoms with E-state index >= 15 is 0 Å². The molecule has 5 rings (SSSR count). The average Bonchev–Trinajstić information content (AvgIpc) is 2.93. The lowest BCUT2D eigenvalue weighted by Crippen LogP contribution is -2.44. The van der Waals surface area contributed by atoms with Crippen molar-refractivity contribution in [2.75, 3.05) is 95.9 Å². The number of rotatable bonds is 6. The summed E-state index contributed by atoms with van der Waals surface area (Å²) in [5.74, 6) is 0.666. The molecule has 0 radical (unpaired) electrons. The predicted molar refractivity (Wildman–Crippen MR) is 149 cm³/mol. The molecule has 1 atom stereocenters. The molecule has 9 heteroatoms. The van der Waals surface area contributed by atoms with Gasteiger partial charge in [-0.3, -0.25) is 4.79 Å². The molecule has 2 aromatic carbocycles. The number of amides is 1. The fourth-order valence-electron chi connectivity index (χ4n) is 5.25. The highest BCUT2D eigenvalue weighted by atomic mass is 16.5. The number of benzene rings is 2. The lowest BCUT2D eigenvalue weighted by Gasteiger charge is -2.37. The molecule has 3 aliphatic heterocycles. The van der Waals surface area contributed by atoms with Gasteiger partial charge >= 0.3 is 0 Å². The van der Waals surface area contributed by atoms with Crippen molar-refractivity contribution in [3.63, 3.8) is 0 Å². The van der Waals surface area contributed by atoms with Crippen LogP contribution in [0.2, 0.25) is 0 Å². The largest absolute Gasteiger partial charge is 0.497 e. The van der Waals surface area contributed by atoms with Gasteiger partial charge < -0.3 is 34.4 Å². The third-order valence-corrected chi connectivity index (χ3v) is 7.55. The molecule has 198 valence electrons. The van der Waals surface area contributed by atoms with Crippen molar-refractivity contribution in [1.29, 1.82) is 0 Å². The molecular formula is C28H38N6O3. The van der Waals surface area contributed by atoms with Gasteiger partial charge in [-0.15, -0.1) is 0 Å². The Morgan fingerprint density at radius 3 is 2.38 bits per heavy atom. The topological polar surface area (TPSA) is 72.9 Å². The molecule has 3 heterocycles. The highest BCUT2D eigenvalue weighted by Gasteiger charge is 2.32. The van der Waals surface area contributed by atoms with Crippen LogP contribution in [0, 0.1) is 0 Å². The summed E-state index contributed by atoms with van der Waals surface area (Å²) >= 11 is 0. The van der Waals surface area contributed by atoms with Gasteiger partial charge in [-0.25, -0.2) is 4.99 Å². The van der Waals surface area contributed by atoms with Gasteiger partial charge in [-0.05, 0) is 51.5 Å². The summed E-state index contributed by atoms with van der Waals surface area (Å²) in [5.41, 5.74) is 5.47. The number of likely N-dealkylation sites (N-methyl/N-ethyl adjacent to an activating group) is 1. The van der Waals surface area contributed by atoms with Crippen LogP contribution in [0.15, 0.2) is 41.4 Å². The fourth-order valence-corrected chi connectivity index (χ4v) is 5.25. The molecule has 0 aliphatic carbocycles. The zero-order valence-electron chi connectivity index (χ0n) is 22.4. The first kappa shape index (κ1) is 25.5. The van der Waals surface area contributed by atoms with Gasteiger partial charge in [-0.2, -0.15) is 0 Å². The zero-order valence-corrected chi connectivity index (χ0v) is 22.4. The average molecular weight is 507 g/mol. The van der Waals surface area contributed by atoms with E-state index in [9.17, 15) is 4.79 Å². The first-order chi connectivity index (χ1) is 17.9. The lowest BCUT2D eigenvalue weighted by molar-refractivity contribution is -0.110. The third-order valence-electron chi connectivity index (χ3n) is 7.55. The predicted octanol–water partition coefficient (Wildman–Crippen LogP) is 3.00. The lowest BCUT2D eigenvalue weighted by atomic mass is 9.93. The molecule has 1 amide bonds. The molecule has 1 N–H and O–H groups in total. The molecule has 0 spiro atoms. The molecule has 9 nitrogen and oxygen atoms in total. The summed E-state index contributed by atoms with van der Waals surface area (Å²) in [6, 6.07) is 12.2. The third kappa shape index (κ3) is 5.58. The molecule has 1 unspecified atom stereocenters. The Morgan fingerprint density at radius 2 is 1.73 bits per heavy atom. The number of hydrogen-bond donors (Lipinski definition) is 1. The number of carbonyl (C=O) groups excluding carboxylic acids is 1. The maximum atomic E-state index is 13.5. The van der Waals surface area contributed by atoms with E-state index < -0.39 is 0 Å². The van der Waals surface area contributed by atoms with E-state index in [1.54, 1.807) is 7.11 Å². The number of nitrogens with zero attached hydrogens (tertiary/aromatic N) is 5. The van der Waals surface area contributed by atoms with Crippen LogP contribution in [0.3, 0.4) is 0 Å². The highest BCUT2D eigenvalue weighted by Crippen LogP contribution is 2.45. The molecule has 0 aromatic heterocycles. The van der Waals surface area contributed by atoms with Crippen molar-refractivity contribution in [2.24, 2.45) is 4.99 Å². The van der Waals surface area contributed by atoms with Gasteiger partial charge in [0.05, 0.1) is 31.7 Å². The van der Waals surface area contributed by atoms with E-state index in [1.807, 2.05) is 12.1 Å². The first-order valence-electron chi connectivity index (χ1n) is 13.1. The maximum Gasteiger partial charge on any atom is 0.270 e. The minimum Gasteiger partial charge on any atom is -0.497 e. The Hall–Kier alpha value is -3.14. The number of fused-ring (bicyclic) bond motifs is 1. The van der Waals surface area contributed by atoms with Crippen molar-refractivity contribution < 1.29 is 14.3 Å². The summed E-state index contributed by atoms with van der Waals surface area (Å²) in [5, 5.41) is 3.08. The van der Waals surface area contributed by atoms with Gasteiger partial charge in [0.1, 0.15) is 11.5 Å². The first-order valence-corrected chi connectivity index (χ1v) is 13.1. The van der Waals surface area contributed by atoms with Crippen LogP contribution < -0.4 is 19.9 Å². The monoisotopic (exact) mass is 506 g/mol. The molecule has 0 bridgehead atoms. The Kier molecular flexibility index (Phi) is 7.64. The van der Waals surface area contributed by atoms with Crippen molar-refractivity contribution >= 4 is 34.4 Å². The van der Waals surface area contributed by atoms with E-state index in [0.29, 0.717) is 12.1 Å². The van der Waals surface area contributed by atoms with Crippen molar-refractivity contribution in [1.82, 2.24) is 9.80 Å². The van der Waals surface area contributed by atoms with Gasteiger partial charge in [0.25, 0.3) is 5.91 Å². The number of methoxy groups -OCH3 is 1. The van der Waals surface area contributed by atoms with Crippen LogP contribution in [0.5, 0.6) is 5.75 Å². The van der Waals surface area contributed by atoms with E-state index in [2.05, 4.69) is 70.3 Å². The van der Waals surface area contributed by atoms with Crippen LogP contribution in [0.4, 0.5) is 22.7 Å². The smallest absolute Gasteiger partial charge is 0.270 e. The Bertz CT molecular complexity index is 1140. The second kappa shape index (κ2) is 11.1. The quantitative estimate of drug-likeness (QED) is 0.646. The maximum absolute atomic E-state index is 13.5. The number of anilines is 3. The van der Waals surface area contributed by atoms with E-state index in [1.165, 1.54) is 0 Å². The minimum atomic E-state index is -0.156. The van der Waals surface area contributed by atoms with E-state index in [-0.39, 0.29) is 11.9 Å². The van der Waals surface area contributed by atoms with Crippen LogP contribution in [-0.2, 0) is 9.53 Å². The molecule has 37 heavy (non-hydrogen) atoms. The van der Waals surface area contributed by atoms with Crippen LogP contribution >= 0.6 is 0 Å². The summed E-state index contributed by atoms with van der Waals surface area (Å²) in [7, 11) is 7.95. The molecule has 3 aliphatic rings. The Balaban J connectivity index is 1.42.